The number of carbonyl (C=O) groups is 1. The number of nitrogens with one attached hydrogen (secondary N) is 1. The van der Waals surface area contributed by atoms with Crippen LogP contribution in [0.4, 0.5) is 0 Å². The van der Waals surface area contributed by atoms with Gasteiger partial charge in [0, 0.05) is 0 Å². The first-order valence-electron chi connectivity index (χ1n) is 2.51. The van der Waals surface area contributed by atoms with Crippen molar-refractivity contribution in [2.24, 2.45) is 0 Å². The van der Waals surface area contributed by atoms with Crippen LogP contribution in [-0.2, 0) is 9.53 Å². The maximum atomic E-state index is 10.3. The van der Waals surface area contributed by atoms with Crippen molar-refractivity contribution in [3.05, 3.63) is 0 Å². The lowest BCUT2D eigenvalue weighted by Crippen LogP contribution is -2.16. The van der Waals surface area contributed by atoms with E-state index in [2.05, 4.69) is 10.7 Å². The summed E-state index contributed by atoms with van der Waals surface area (Å²) >= 11 is 0. The van der Waals surface area contributed by atoms with E-state index in [9.17, 15) is 4.79 Å². The first-order valence-corrected chi connectivity index (χ1v) is 2.51. The molecule has 9 heavy (non-hydrogen) atoms. The summed E-state index contributed by atoms with van der Waals surface area (Å²) in [7, 11) is 0. The Labute approximate surface area is 54.2 Å². The van der Waals surface area contributed by atoms with Crippen LogP contribution in [-0.4, -0.2) is 18.6 Å². The summed E-state index contributed by atoms with van der Waals surface area (Å²) in [6, 6.07) is 0. The van der Waals surface area contributed by atoms with Crippen LogP contribution in [0.25, 0.3) is 0 Å². The minimum absolute atomic E-state index is 0.369. The van der Waals surface area contributed by atoms with E-state index < -0.39 is 12.1 Å². The van der Waals surface area contributed by atoms with Gasteiger partial charge in [-0.15, -0.1) is 6.42 Å². The van der Waals surface area contributed by atoms with Crippen molar-refractivity contribution in [3.8, 4) is 12.3 Å². The highest BCUT2D eigenvalue weighted by atomic mass is 16.5. The Kier molecular flexibility index (Phi) is 3.49. The van der Waals surface area contributed by atoms with Crippen LogP contribution in [0.2, 0.25) is 0 Å². The molecule has 0 aromatic heterocycles. The van der Waals surface area contributed by atoms with Crippen LogP contribution < -0.4 is 5.73 Å². The van der Waals surface area contributed by atoms with E-state index >= 15 is 0 Å². The Morgan fingerprint density at radius 2 is 2.56 bits per heavy atom. The quantitative estimate of drug-likeness (QED) is 0.381. The largest absolute Gasteiger partial charge is 0.448 e. The zero-order valence-corrected chi connectivity index (χ0v) is 5.18. The van der Waals surface area contributed by atoms with Crippen molar-refractivity contribution in [2.45, 2.75) is 13.0 Å². The fraction of sp³-hybridized carbons (Fsp3) is 0.500. The van der Waals surface area contributed by atoms with Gasteiger partial charge in [-0.1, -0.05) is 5.92 Å². The van der Waals surface area contributed by atoms with Crippen LogP contribution >= 0.6 is 0 Å². The number of carbonyl (C=O) groups excluding carboxylic acids is 1. The second-order valence-electron chi connectivity index (χ2n) is 1.48. The number of rotatable bonds is 2. The van der Waals surface area contributed by atoms with E-state index in [0.717, 1.165) is 0 Å². The smallest absolute Gasteiger partial charge is 0.322 e. The number of hydrogen-bond acceptors (Lipinski definition) is 2. The van der Waals surface area contributed by atoms with Crippen molar-refractivity contribution < 1.29 is 9.53 Å². The SMILES string of the molecule is C#CC(C)OC(=O)C[NH]. The molecule has 0 rings (SSSR count). The number of terminal acetylenes is 1. The fourth-order valence-electron chi connectivity index (χ4n) is 0.273. The Balaban J connectivity index is 3.50. The molecule has 0 aliphatic carbocycles. The first-order chi connectivity index (χ1) is 4.20. The monoisotopic (exact) mass is 126 g/mol. The van der Waals surface area contributed by atoms with E-state index in [4.69, 9.17) is 12.2 Å². The molecule has 0 saturated heterocycles. The molecule has 0 fully saturated rings. The minimum Gasteiger partial charge on any atom is -0.448 e. The molecule has 49 valence electrons. The Bertz CT molecular complexity index is 136. The molecule has 1 radical (unpaired) electrons. The van der Waals surface area contributed by atoms with Gasteiger partial charge in [-0.3, -0.25) is 4.79 Å². The highest BCUT2D eigenvalue weighted by molar-refractivity contribution is 5.71. The third-order valence-corrected chi connectivity index (χ3v) is 0.687. The summed E-state index contributed by atoms with van der Waals surface area (Å²) < 4.78 is 4.49. The van der Waals surface area contributed by atoms with Gasteiger partial charge in [0.15, 0.2) is 6.10 Å². The summed E-state index contributed by atoms with van der Waals surface area (Å²) in [5, 5.41) is 0. The summed E-state index contributed by atoms with van der Waals surface area (Å²) in [6.45, 7) is 1.21. The maximum Gasteiger partial charge on any atom is 0.322 e. The summed E-state index contributed by atoms with van der Waals surface area (Å²) in [5.41, 5.74) is 6.53. The molecular formula is C6H8NO2. The van der Waals surface area contributed by atoms with Gasteiger partial charge in [0.05, 0.1) is 0 Å². The van der Waals surface area contributed by atoms with Gasteiger partial charge in [0.25, 0.3) is 0 Å². The minimum atomic E-state index is -0.583. The molecule has 3 heteroatoms. The van der Waals surface area contributed by atoms with Gasteiger partial charge < -0.3 is 4.74 Å². The highest BCUT2D eigenvalue weighted by Gasteiger charge is 2.02. The molecule has 0 aromatic rings. The summed E-state index contributed by atoms with van der Waals surface area (Å²) in [5.74, 6) is 1.62. The fourth-order valence-corrected chi connectivity index (χ4v) is 0.273. The zero-order valence-electron chi connectivity index (χ0n) is 5.18. The topological polar surface area (TPSA) is 50.1 Å². The highest BCUT2D eigenvalue weighted by Crippen LogP contribution is 1.86. The second-order valence-corrected chi connectivity index (χ2v) is 1.48. The number of esters is 1. The average Bonchev–Trinajstić information content (AvgIpc) is 1.87. The van der Waals surface area contributed by atoms with E-state index in [1.165, 1.54) is 0 Å². The average molecular weight is 126 g/mol. The third kappa shape index (κ3) is 3.56. The molecular weight excluding hydrogens is 118 g/mol. The maximum absolute atomic E-state index is 10.3. The predicted octanol–water partition coefficient (Wildman–Crippen LogP) is -0.166. The van der Waals surface area contributed by atoms with E-state index in [1.807, 2.05) is 0 Å². The molecule has 0 saturated carbocycles. The van der Waals surface area contributed by atoms with Crippen molar-refractivity contribution in [3.63, 3.8) is 0 Å². The summed E-state index contributed by atoms with van der Waals surface area (Å²) in [4.78, 5) is 10.3. The van der Waals surface area contributed by atoms with Crippen molar-refractivity contribution in [1.82, 2.24) is 5.73 Å². The predicted molar refractivity (Wildman–Crippen MR) is 32.4 cm³/mol. The second kappa shape index (κ2) is 3.93. The molecule has 3 nitrogen and oxygen atoms in total. The number of hydrogen-bond donors (Lipinski definition) is 0. The van der Waals surface area contributed by atoms with Gasteiger partial charge in [-0.05, 0) is 6.92 Å². The lowest BCUT2D eigenvalue weighted by molar-refractivity contribution is -0.144. The van der Waals surface area contributed by atoms with Crippen LogP contribution in [0.3, 0.4) is 0 Å². The lowest BCUT2D eigenvalue weighted by Gasteiger charge is -2.03. The summed E-state index contributed by atoms with van der Waals surface area (Å²) in [6.07, 6.45) is 4.38. The van der Waals surface area contributed by atoms with Crippen LogP contribution in [0.15, 0.2) is 0 Å². The van der Waals surface area contributed by atoms with Gasteiger partial charge in [0.1, 0.15) is 6.54 Å². The van der Waals surface area contributed by atoms with Crippen LogP contribution in [0.1, 0.15) is 6.92 Å². The molecule has 0 aromatic carbocycles. The van der Waals surface area contributed by atoms with E-state index in [0.29, 0.717) is 0 Å². The molecule has 0 bridgehead atoms. The Morgan fingerprint density at radius 3 is 2.89 bits per heavy atom. The van der Waals surface area contributed by atoms with Gasteiger partial charge in [0.2, 0.25) is 0 Å². The van der Waals surface area contributed by atoms with Crippen molar-refractivity contribution in [2.75, 3.05) is 6.54 Å². The van der Waals surface area contributed by atoms with E-state index in [1.54, 1.807) is 6.92 Å². The molecule has 0 spiro atoms. The molecule has 1 unspecified atom stereocenters. The van der Waals surface area contributed by atoms with Crippen molar-refractivity contribution in [1.29, 1.82) is 0 Å². The van der Waals surface area contributed by atoms with Gasteiger partial charge in [-0.25, -0.2) is 5.73 Å². The molecule has 0 heterocycles. The molecule has 1 N–H and O–H groups in total. The molecule has 1 atom stereocenters. The third-order valence-electron chi connectivity index (χ3n) is 0.687. The molecule has 0 aliphatic heterocycles. The standard InChI is InChI=1S/C6H8NO2/c1-3-5(2)9-6(8)4-7/h1,5,7H,4H2,2H3. The molecule has 0 aliphatic rings. The van der Waals surface area contributed by atoms with Gasteiger partial charge >= 0.3 is 5.97 Å². The van der Waals surface area contributed by atoms with Crippen LogP contribution in [0.5, 0.6) is 0 Å². The normalized spacial score (nSPS) is 11.7. The first kappa shape index (κ1) is 7.99. The van der Waals surface area contributed by atoms with Crippen LogP contribution in [0, 0.1) is 12.3 Å². The zero-order chi connectivity index (χ0) is 7.28. The Hall–Kier alpha value is -1.01. The van der Waals surface area contributed by atoms with Gasteiger partial charge in [-0.2, -0.15) is 0 Å². The lowest BCUT2D eigenvalue weighted by atomic mass is 10.4. The molecule has 0 amide bonds. The number of ether oxygens (including phenoxy) is 1. The van der Waals surface area contributed by atoms with E-state index in [-0.39, 0.29) is 6.54 Å². The Morgan fingerprint density at radius 1 is 2.00 bits per heavy atom. The van der Waals surface area contributed by atoms with Crippen molar-refractivity contribution >= 4 is 5.97 Å².